The molecular weight excluding hydrogens is 376 g/mol. The van der Waals surface area contributed by atoms with E-state index in [1.165, 1.54) is 4.70 Å². The van der Waals surface area contributed by atoms with Gasteiger partial charge in [-0.05, 0) is 54.4 Å². The second-order valence-corrected chi connectivity index (χ2v) is 7.89. The van der Waals surface area contributed by atoms with Crippen LogP contribution in [-0.4, -0.2) is 10.9 Å². The Morgan fingerprint density at radius 3 is 2.59 bits per heavy atom. The molecule has 0 atom stereocenters. The summed E-state index contributed by atoms with van der Waals surface area (Å²) in [6.07, 6.45) is 0.779. The largest absolute Gasteiger partial charge is 0.322 e. The Morgan fingerprint density at radius 2 is 1.85 bits per heavy atom. The molecule has 0 fully saturated rings. The monoisotopic (exact) mass is 392 g/mol. The predicted molar refractivity (Wildman–Crippen MR) is 113 cm³/mol. The third kappa shape index (κ3) is 4.02. The number of fused-ring (bicyclic) bond motifs is 1. The number of thiazole rings is 1. The number of nitrogens with zero attached hydrogens (tertiary/aromatic N) is 1. The van der Waals surface area contributed by atoms with Crippen molar-refractivity contribution < 1.29 is 4.79 Å². The first-order chi connectivity index (χ1) is 13.1. The lowest BCUT2D eigenvalue weighted by atomic mass is 10.1. The van der Waals surface area contributed by atoms with Gasteiger partial charge in [0.2, 0.25) is 0 Å². The van der Waals surface area contributed by atoms with E-state index in [0.717, 1.165) is 33.8 Å². The minimum atomic E-state index is -0.171. The maximum atomic E-state index is 12.4. The average Bonchev–Trinajstić information content (AvgIpc) is 3.08. The van der Waals surface area contributed by atoms with E-state index in [9.17, 15) is 4.79 Å². The fraction of sp³-hybridized carbons (Fsp3) is 0.0909. The van der Waals surface area contributed by atoms with Crippen LogP contribution in [0.5, 0.6) is 0 Å². The van der Waals surface area contributed by atoms with Crippen molar-refractivity contribution in [3.05, 3.63) is 93.5 Å². The number of para-hydroxylation sites is 1. The summed E-state index contributed by atoms with van der Waals surface area (Å²) in [5, 5.41) is 4.58. The molecule has 0 radical (unpaired) electrons. The molecule has 1 amide bonds. The van der Waals surface area contributed by atoms with E-state index in [4.69, 9.17) is 11.6 Å². The number of aryl methyl sites for hydroxylation is 1. The van der Waals surface area contributed by atoms with E-state index in [1.807, 2.05) is 55.5 Å². The van der Waals surface area contributed by atoms with Crippen molar-refractivity contribution in [3.63, 3.8) is 0 Å². The number of anilines is 1. The molecule has 4 aromatic rings. The average molecular weight is 393 g/mol. The summed E-state index contributed by atoms with van der Waals surface area (Å²) in [5.74, 6) is -0.171. The molecule has 0 spiro atoms. The fourth-order valence-electron chi connectivity index (χ4n) is 2.81. The molecule has 0 aliphatic carbocycles. The van der Waals surface area contributed by atoms with Gasteiger partial charge < -0.3 is 5.32 Å². The van der Waals surface area contributed by atoms with Crippen molar-refractivity contribution in [2.75, 3.05) is 5.32 Å². The molecule has 3 nitrogen and oxygen atoms in total. The number of benzene rings is 3. The van der Waals surface area contributed by atoms with Gasteiger partial charge in [-0.3, -0.25) is 4.79 Å². The highest BCUT2D eigenvalue weighted by Gasteiger charge is 2.09. The molecule has 1 aromatic heterocycles. The summed E-state index contributed by atoms with van der Waals surface area (Å²) in [6.45, 7) is 1.91. The van der Waals surface area contributed by atoms with Crippen LogP contribution >= 0.6 is 22.9 Å². The molecule has 1 heterocycles. The van der Waals surface area contributed by atoms with Crippen LogP contribution in [0.25, 0.3) is 10.2 Å². The summed E-state index contributed by atoms with van der Waals surface area (Å²) in [7, 11) is 0. The summed E-state index contributed by atoms with van der Waals surface area (Å²) < 4.78 is 1.20. The third-order valence-corrected chi connectivity index (χ3v) is 5.78. The van der Waals surface area contributed by atoms with Gasteiger partial charge in [0.05, 0.1) is 15.2 Å². The molecule has 5 heteroatoms. The normalized spacial score (nSPS) is 10.9. The van der Waals surface area contributed by atoms with Gasteiger partial charge in [0, 0.05) is 22.7 Å². The van der Waals surface area contributed by atoms with Gasteiger partial charge >= 0.3 is 0 Å². The molecule has 1 N–H and O–H groups in total. The molecule has 0 saturated heterocycles. The van der Waals surface area contributed by atoms with Gasteiger partial charge in [-0.2, -0.15) is 0 Å². The SMILES string of the molecule is Cc1ccc(C(=O)Nc2ccc(Cc3nc4ccccc4s3)cc2)cc1Cl. The van der Waals surface area contributed by atoms with Crippen molar-refractivity contribution in [2.24, 2.45) is 0 Å². The summed E-state index contributed by atoms with van der Waals surface area (Å²) in [6, 6.07) is 21.3. The Morgan fingerprint density at radius 1 is 1.07 bits per heavy atom. The molecule has 27 heavy (non-hydrogen) atoms. The van der Waals surface area contributed by atoms with Gasteiger partial charge in [0.25, 0.3) is 5.91 Å². The van der Waals surface area contributed by atoms with Gasteiger partial charge in [-0.25, -0.2) is 4.98 Å². The summed E-state index contributed by atoms with van der Waals surface area (Å²) >= 11 is 7.82. The van der Waals surface area contributed by atoms with Crippen molar-refractivity contribution in [1.29, 1.82) is 0 Å². The zero-order chi connectivity index (χ0) is 18.8. The van der Waals surface area contributed by atoms with E-state index >= 15 is 0 Å². The van der Waals surface area contributed by atoms with Crippen LogP contribution in [0.15, 0.2) is 66.7 Å². The summed E-state index contributed by atoms with van der Waals surface area (Å²) in [5.41, 5.74) is 4.45. The molecule has 0 aliphatic rings. The Balaban J connectivity index is 1.45. The molecule has 4 rings (SSSR count). The maximum Gasteiger partial charge on any atom is 0.255 e. The highest BCUT2D eigenvalue weighted by Crippen LogP contribution is 2.24. The fourth-order valence-corrected chi connectivity index (χ4v) is 4.00. The van der Waals surface area contributed by atoms with E-state index in [1.54, 1.807) is 23.5 Å². The molecule has 134 valence electrons. The number of carbonyl (C=O) groups is 1. The van der Waals surface area contributed by atoms with Crippen molar-refractivity contribution in [2.45, 2.75) is 13.3 Å². The highest BCUT2D eigenvalue weighted by atomic mass is 35.5. The molecule has 0 saturated carbocycles. The molecule has 0 unspecified atom stereocenters. The number of amides is 1. The van der Waals surface area contributed by atoms with Crippen LogP contribution in [0.3, 0.4) is 0 Å². The quantitative estimate of drug-likeness (QED) is 0.455. The van der Waals surface area contributed by atoms with E-state index in [0.29, 0.717) is 10.6 Å². The Labute approximate surface area is 166 Å². The van der Waals surface area contributed by atoms with Crippen LogP contribution in [0.1, 0.15) is 26.5 Å². The van der Waals surface area contributed by atoms with Gasteiger partial charge in [-0.15, -0.1) is 11.3 Å². The standard InChI is InChI=1S/C22H17ClN2OS/c1-14-6-9-16(13-18(14)23)22(26)24-17-10-7-15(8-11-17)12-21-25-19-4-2-3-5-20(19)27-21/h2-11,13H,12H2,1H3,(H,24,26). The third-order valence-electron chi connectivity index (χ3n) is 4.34. The minimum Gasteiger partial charge on any atom is -0.322 e. The van der Waals surface area contributed by atoms with Crippen LogP contribution in [0, 0.1) is 6.92 Å². The zero-order valence-corrected chi connectivity index (χ0v) is 16.3. The lowest BCUT2D eigenvalue weighted by Crippen LogP contribution is -2.11. The van der Waals surface area contributed by atoms with E-state index in [-0.39, 0.29) is 5.91 Å². The molecular formula is C22H17ClN2OS. The number of aromatic nitrogens is 1. The van der Waals surface area contributed by atoms with Crippen LogP contribution < -0.4 is 5.32 Å². The predicted octanol–water partition coefficient (Wildman–Crippen LogP) is 6.10. The first-order valence-corrected chi connectivity index (χ1v) is 9.79. The molecule has 3 aromatic carbocycles. The number of carbonyl (C=O) groups excluding carboxylic acids is 1. The first kappa shape index (κ1) is 17.7. The Bertz CT molecular complexity index is 1090. The summed E-state index contributed by atoms with van der Waals surface area (Å²) in [4.78, 5) is 17.0. The first-order valence-electron chi connectivity index (χ1n) is 8.59. The van der Waals surface area contributed by atoms with Gasteiger partial charge in [0.1, 0.15) is 0 Å². The Hall–Kier alpha value is -2.69. The second kappa shape index (κ2) is 7.51. The van der Waals surface area contributed by atoms with Crippen molar-refractivity contribution >= 4 is 44.7 Å². The lowest BCUT2D eigenvalue weighted by Gasteiger charge is -2.07. The number of hydrogen-bond donors (Lipinski definition) is 1. The van der Waals surface area contributed by atoms with E-state index in [2.05, 4.69) is 16.4 Å². The highest BCUT2D eigenvalue weighted by molar-refractivity contribution is 7.18. The van der Waals surface area contributed by atoms with Crippen molar-refractivity contribution in [1.82, 2.24) is 4.98 Å². The smallest absolute Gasteiger partial charge is 0.255 e. The number of nitrogens with one attached hydrogen (secondary N) is 1. The topological polar surface area (TPSA) is 42.0 Å². The zero-order valence-electron chi connectivity index (χ0n) is 14.7. The number of rotatable bonds is 4. The van der Waals surface area contributed by atoms with Crippen LogP contribution in [-0.2, 0) is 6.42 Å². The minimum absolute atomic E-state index is 0.171. The van der Waals surface area contributed by atoms with Crippen LogP contribution in [0.2, 0.25) is 5.02 Å². The maximum absolute atomic E-state index is 12.4. The van der Waals surface area contributed by atoms with Gasteiger partial charge in [0.15, 0.2) is 0 Å². The Kier molecular flexibility index (Phi) is 4.92. The molecule has 0 aliphatic heterocycles. The van der Waals surface area contributed by atoms with E-state index < -0.39 is 0 Å². The molecule has 0 bridgehead atoms. The number of hydrogen-bond acceptors (Lipinski definition) is 3. The number of halogens is 1. The second-order valence-electron chi connectivity index (χ2n) is 6.37. The van der Waals surface area contributed by atoms with Crippen LogP contribution in [0.4, 0.5) is 5.69 Å². The van der Waals surface area contributed by atoms with Gasteiger partial charge in [-0.1, -0.05) is 41.9 Å². The van der Waals surface area contributed by atoms with Crippen molar-refractivity contribution in [3.8, 4) is 0 Å². The lowest BCUT2D eigenvalue weighted by molar-refractivity contribution is 0.102.